The number of nitriles is 1. The van der Waals surface area contributed by atoms with E-state index in [0.717, 1.165) is 0 Å². The predicted molar refractivity (Wildman–Crippen MR) is 135 cm³/mol. The Labute approximate surface area is 208 Å². The van der Waals surface area contributed by atoms with Crippen LogP contribution >= 0.6 is 11.6 Å². The highest BCUT2D eigenvalue weighted by Gasteiger charge is 2.34. The van der Waals surface area contributed by atoms with Crippen molar-refractivity contribution in [3.05, 3.63) is 70.4 Å². The van der Waals surface area contributed by atoms with Crippen LogP contribution < -0.4 is 10.6 Å². The lowest BCUT2D eigenvalue weighted by atomic mass is 9.71. The van der Waals surface area contributed by atoms with E-state index < -0.39 is 11.3 Å². The van der Waals surface area contributed by atoms with Crippen LogP contribution in [0.5, 0.6) is 0 Å². The van der Waals surface area contributed by atoms with Gasteiger partial charge >= 0.3 is 0 Å². The van der Waals surface area contributed by atoms with Gasteiger partial charge in [-0.25, -0.2) is 9.07 Å². The second kappa shape index (κ2) is 9.15. The molecule has 4 aromatic rings. The standard InChI is InChI=1S/C24H23BClFN8/c1-23(2,3)13-30-20-14(11-28)12-29-21-18(20)9-17(10-19(21)26)31-24(25,22-32-33-34-35(22)4)15-5-7-16(27)8-6-15/h5-10,12,31H,13H2,1-4H3,(H,29,30). The number of nitrogens with one attached hydrogen (secondary N) is 2. The topological polar surface area (TPSA) is 104 Å². The molecule has 2 aromatic heterocycles. The van der Waals surface area contributed by atoms with Gasteiger partial charge in [0.15, 0.2) is 5.82 Å². The molecule has 0 bridgehead atoms. The van der Waals surface area contributed by atoms with E-state index >= 15 is 0 Å². The number of hydrogen-bond acceptors (Lipinski definition) is 7. The molecule has 0 saturated carbocycles. The van der Waals surface area contributed by atoms with Gasteiger partial charge in [0.2, 0.25) is 0 Å². The molecular formula is C24H23BClFN8. The quantitative estimate of drug-likeness (QED) is 0.388. The maximum absolute atomic E-state index is 13.7. The lowest BCUT2D eigenvalue weighted by Gasteiger charge is -2.32. The van der Waals surface area contributed by atoms with Crippen molar-refractivity contribution in [2.24, 2.45) is 12.5 Å². The van der Waals surface area contributed by atoms with Gasteiger partial charge in [-0.05, 0) is 45.7 Å². The van der Waals surface area contributed by atoms with E-state index in [1.807, 2.05) is 6.07 Å². The van der Waals surface area contributed by atoms with Gasteiger partial charge in [0.1, 0.15) is 19.7 Å². The summed E-state index contributed by atoms with van der Waals surface area (Å²) in [5.41, 5.74) is 1.17. The van der Waals surface area contributed by atoms with Crippen molar-refractivity contribution in [3.8, 4) is 6.07 Å². The number of benzene rings is 2. The van der Waals surface area contributed by atoms with E-state index in [9.17, 15) is 9.65 Å². The first-order chi connectivity index (χ1) is 16.5. The SMILES string of the molecule is [B]C(Nc1cc(Cl)c2ncc(C#N)c(NCC(C)(C)C)c2c1)(c1ccc(F)cc1)c1nnnn1C. The number of pyridine rings is 1. The summed E-state index contributed by atoms with van der Waals surface area (Å²) < 4.78 is 15.1. The second-order valence-electron chi connectivity index (χ2n) is 9.49. The minimum Gasteiger partial charge on any atom is -0.383 e. The molecule has 1 atom stereocenters. The van der Waals surface area contributed by atoms with Crippen molar-refractivity contribution in [1.29, 1.82) is 5.26 Å². The van der Waals surface area contributed by atoms with Gasteiger partial charge in [0, 0.05) is 30.9 Å². The molecule has 0 spiro atoms. The molecule has 11 heteroatoms. The Kier molecular flexibility index (Phi) is 6.39. The molecule has 35 heavy (non-hydrogen) atoms. The van der Waals surface area contributed by atoms with Crippen LogP contribution in [0, 0.1) is 22.6 Å². The fourth-order valence-corrected chi connectivity index (χ4v) is 3.99. The first kappa shape index (κ1) is 24.4. The maximum Gasteiger partial charge on any atom is 0.171 e. The molecule has 2 heterocycles. The van der Waals surface area contributed by atoms with Gasteiger partial charge in [-0.15, -0.1) is 5.10 Å². The molecule has 176 valence electrons. The van der Waals surface area contributed by atoms with E-state index in [4.69, 9.17) is 19.4 Å². The van der Waals surface area contributed by atoms with Crippen LogP contribution in [0.15, 0.2) is 42.6 Å². The van der Waals surface area contributed by atoms with Crippen molar-refractivity contribution in [2.75, 3.05) is 17.2 Å². The van der Waals surface area contributed by atoms with Crippen LogP contribution in [0.25, 0.3) is 10.9 Å². The third-order valence-corrected chi connectivity index (χ3v) is 5.74. The molecule has 0 aliphatic heterocycles. The van der Waals surface area contributed by atoms with Gasteiger partial charge < -0.3 is 10.6 Å². The number of hydrogen-bond donors (Lipinski definition) is 2. The van der Waals surface area contributed by atoms with Gasteiger partial charge in [0.05, 0.1) is 27.2 Å². The number of fused-ring (bicyclic) bond motifs is 1. The molecule has 0 amide bonds. The molecule has 0 aliphatic rings. The molecule has 1 unspecified atom stereocenters. The summed E-state index contributed by atoms with van der Waals surface area (Å²) in [7, 11) is 8.51. The summed E-state index contributed by atoms with van der Waals surface area (Å²) in [6.45, 7) is 6.90. The number of aromatic nitrogens is 5. The fraction of sp³-hybridized carbons (Fsp3) is 0.292. The molecule has 2 radical (unpaired) electrons. The average molecular weight is 489 g/mol. The van der Waals surface area contributed by atoms with Crippen LogP contribution in [0.1, 0.15) is 37.7 Å². The highest BCUT2D eigenvalue weighted by molar-refractivity contribution is 6.36. The lowest BCUT2D eigenvalue weighted by Crippen LogP contribution is -2.40. The number of tetrazole rings is 1. The molecule has 4 rings (SSSR count). The zero-order valence-corrected chi connectivity index (χ0v) is 20.5. The monoisotopic (exact) mass is 488 g/mol. The third-order valence-electron chi connectivity index (χ3n) is 5.45. The molecule has 0 aliphatic carbocycles. The fourth-order valence-electron chi connectivity index (χ4n) is 3.72. The number of aryl methyl sites for hydroxylation is 1. The Morgan fingerprint density at radius 3 is 2.51 bits per heavy atom. The van der Waals surface area contributed by atoms with E-state index in [-0.39, 0.29) is 5.41 Å². The molecule has 0 saturated heterocycles. The minimum absolute atomic E-state index is 0.0326. The van der Waals surface area contributed by atoms with Gasteiger partial charge in [-0.2, -0.15) is 5.26 Å². The second-order valence-corrected chi connectivity index (χ2v) is 9.90. The van der Waals surface area contributed by atoms with Crippen molar-refractivity contribution in [3.63, 3.8) is 0 Å². The van der Waals surface area contributed by atoms with Gasteiger partial charge in [-0.1, -0.05) is 44.5 Å². The van der Waals surface area contributed by atoms with Crippen LogP contribution in [0.2, 0.25) is 5.02 Å². The van der Waals surface area contributed by atoms with Crippen LogP contribution in [0.4, 0.5) is 15.8 Å². The largest absolute Gasteiger partial charge is 0.383 e. The van der Waals surface area contributed by atoms with E-state index in [0.29, 0.717) is 50.8 Å². The lowest BCUT2D eigenvalue weighted by molar-refractivity contribution is 0.443. The Hall–Kier alpha value is -3.71. The Morgan fingerprint density at radius 1 is 1.20 bits per heavy atom. The smallest absolute Gasteiger partial charge is 0.171 e. The van der Waals surface area contributed by atoms with Crippen molar-refractivity contribution >= 4 is 41.7 Å². The number of halogens is 2. The Bertz CT molecular complexity index is 1420. The van der Waals surface area contributed by atoms with Crippen LogP contribution in [-0.4, -0.2) is 39.6 Å². The minimum atomic E-state index is -1.43. The molecular weight excluding hydrogens is 466 g/mol. The van der Waals surface area contributed by atoms with Crippen molar-refractivity contribution < 1.29 is 4.39 Å². The highest BCUT2D eigenvalue weighted by Crippen LogP contribution is 2.36. The van der Waals surface area contributed by atoms with E-state index in [2.05, 4.69) is 58.0 Å². The Morgan fingerprint density at radius 2 is 1.91 bits per heavy atom. The number of nitrogens with zero attached hydrogens (tertiary/aromatic N) is 6. The normalized spacial score (nSPS) is 13.3. The van der Waals surface area contributed by atoms with Crippen molar-refractivity contribution in [2.45, 2.75) is 26.2 Å². The number of rotatable bonds is 6. The van der Waals surface area contributed by atoms with Crippen molar-refractivity contribution in [1.82, 2.24) is 25.2 Å². The Balaban J connectivity index is 1.87. The third kappa shape index (κ3) is 4.91. The average Bonchev–Trinajstić information content (AvgIpc) is 3.23. The van der Waals surface area contributed by atoms with Crippen LogP contribution in [-0.2, 0) is 12.5 Å². The molecule has 2 aromatic carbocycles. The molecule has 2 N–H and O–H groups in total. The molecule has 8 nitrogen and oxygen atoms in total. The summed E-state index contributed by atoms with van der Waals surface area (Å²) in [6.07, 6.45) is 1.50. The predicted octanol–water partition coefficient (Wildman–Crippen LogP) is 4.36. The summed E-state index contributed by atoms with van der Waals surface area (Å²) in [5, 5.41) is 29.1. The highest BCUT2D eigenvalue weighted by atomic mass is 35.5. The van der Waals surface area contributed by atoms with E-state index in [1.54, 1.807) is 25.2 Å². The maximum atomic E-state index is 13.7. The van der Waals surface area contributed by atoms with Crippen LogP contribution in [0.3, 0.4) is 0 Å². The first-order valence-electron chi connectivity index (χ1n) is 10.8. The molecule has 0 fully saturated rings. The van der Waals surface area contributed by atoms with Gasteiger partial charge in [-0.3, -0.25) is 4.98 Å². The zero-order chi connectivity index (χ0) is 25.4. The summed E-state index contributed by atoms with van der Waals surface area (Å²) >= 11 is 6.62. The summed E-state index contributed by atoms with van der Waals surface area (Å²) in [6, 6.07) is 11.4. The first-order valence-corrected chi connectivity index (χ1v) is 11.2. The zero-order valence-electron chi connectivity index (χ0n) is 19.8. The number of anilines is 2. The summed E-state index contributed by atoms with van der Waals surface area (Å²) in [5.74, 6) is -0.0964. The van der Waals surface area contributed by atoms with Gasteiger partial charge in [0.25, 0.3) is 0 Å². The van der Waals surface area contributed by atoms with E-state index in [1.165, 1.54) is 23.0 Å². The summed E-state index contributed by atoms with van der Waals surface area (Å²) in [4.78, 5) is 4.39.